The quantitative estimate of drug-likeness (QED) is 0.0295. The number of amides is 4. The van der Waals surface area contributed by atoms with Crippen molar-refractivity contribution in [3.8, 4) is 16.2 Å². The highest BCUT2D eigenvalue weighted by Gasteiger charge is 2.44. The molecule has 3 atom stereocenters. The first-order valence-corrected chi connectivity index (χ1v) is 28.2. The number of aliphatic hydroxyl groups is 1. The smallest absolute Gasteiger partial charge is 0.246 e. The van der Waals surface area contributed by atoms with Gasteiger partial charge in [0.05, 0.1) is 46.5 Å². The summed E-state index contributed by atoms with van der Waals surface area (Å²) in [6.07, 6.45) is 8.40. The van der Waals surface area contributed by atoms with Gasteiger partial charge in [-0.1, -0.05) is 51.5 Å². The van der Waals surface area contributed by atoms with E-state index >= 15 is 0 Å². The van der Waals surface area contributed by atoms with Gasteiger partial charge < -0.3 is 59.9 Å². The van der Waals surface area contributed by atoms with Crippen LogP contribution in [0.1, 0.15) is 89.8 Å². The molecule has 1 aliphatic carbocycles. The number of hydrogen-bond acceptors (Lipinski definition) is 16. The molecule has 4 aromatic rings. The first kappa shape index (κ1) is 59.9. The Bertz CT molecular complexity index is 2420. The van der Waals surface area contributed by atoms with Crippen molar-refractivity contribution in [3.63, 3.8) is 0 Å². The second kappa shape index (κ2) is 31.2. The molecule has 1 aliphatic heterocycles. The molecule has 19 nitrogen and oxygen atoms in total. The third kappa shape index (κ3) is 19.6. The zero-order valence-corrected chi connectivity index (χ0v) is 47.2. The molecule has 0 bridgehead atoms. The molecule has 1 saturated carbocycles. The lowest BCUT2D eigenvalue weighted by Crippen LogP contribution is -2.58. The average Bonchev–Trinajstić information content (AvgIpc) is 4.01. The molecule has 416 valence electrons. The molecule has 76 heavy (non-hydrogen) atoms. The van der Waals surface area contributed by atoms with Crippen molar-refractivity contribution in [2.45, 2.75) is 110 Å². The first-order chi connectivity index (χ1) is 36.7. The van der Waals surface area contributed by atoms with E-state index in [0.29, 0.717) is 71.1 Å². The first-order valence-electron chi connectivity index (χ1n) is 26.5. The maximum absolute atomic E-state index is 13.9. The van der Waals surface area contributed by atoms with E-state index in [1.807, 2.05) is 93.7 Å². The van der Waals surface area contributed by atoms with Crippen LogP contribution in [0.2, 0.25) is 0 Å². The van der Waals surface area contributed by atoms with Crippen molar-refractivity contribution >= 4 is 68.3 Å². The molecular formula is C55H78BrN9O10S. The minimum Gasteiger partial charge on any atom is -0.491 e. The summed E-state index contributed by atoms with van der Waals surface area (Å²) in [5, 5.41) is 22.9. The molecule has 21 heteroatoms. The lowest BCUT2D eigenvalue weighted by atomic mass is 9.84. The zero-order valence-electron chi connectivity index (χ0n) is 44.8. The van der Waals surface area contributed by atoms with Gasteiger partial charge in [0.1, 0.15) is 36.9 Å². The van der Waals surface area contributed by atoms with Crippen molar-refractivity contribution in [2.75, 3.05) is 96.8 Å². The van der Waals surface area contributed by atoms with Crippen molar-refractivity contribution < 1.29 is 48.0 Å². The Kier molecular flexibility index (Phi) is 24.6. The largest absolute Gasteiger partial charge is 0.491 e. The summed E-state index contributed by atoms with van der Waals surface area (Å²) >= 11 is 5.10. The number of aromatic nitrogens is 3. The summed E-state index contributed by atoms with van der Waals surface area (Å²) in [6, 6.07) is 13.6. The molecule has 2 fully saturated rings. The number of ether oxygens (including phenoxy) is 5. The fourth-order valence-corrected chi connectivity index (χ4v) is 9.66. The third-order valence-corrected chi connectivity index (χ3v) is 14.7. The van der Waals surface area contributed by atoms with Crippen LogP contribution in [0, 0.1) is 18.3 Å². The predicted molar refractivity (Wildman–Crippen MR) is 296 cm³/mol. The number of benzene rings is 2. The van der Waals surface area contributed by atoms with Crippen LogP contribution < -0.4 is 26.0 Å². The maximum atomic E-state index is 13.9. The van der Waals surface area contributed by atoms with E-state index in [9.17, 15) is 24.3 Å². The summed E-state index contributed by atoms with van der Waals surface area (Å²) in [5.74, 6) is 1.09. The van der Waals surface area contributed by atoms with Crippen LogP contribution >= 0.6 is 27.3 Å². The van der Waals surface area contributed by atoms with Gasteiger partial charge in [0.2, 0.25) is 29.6 Å². The fraction of sp³-hybridized carbons (Fsp3) is 0.582. The van der Waals surface area contributed by atoms with E-state index in [1.165, 1.54) is 4.90 Å². The summed E-state index contributed by atoms with van der Waals surface area (Å²) in [4.78, 5) is 70.3. The number of unbranched alkanes of at least 4 members (excludes halogenated alkanes) is 2. The molecule has 0 radical (unpaired) electrons. The zero-order chi connectivity index (χ0) is 54.3. The van der Waals surface area contributed by atoms with Crippen LogP contribution in [0.4, 0.5) is 17.5 Å². The van der Waals surface area contributed by atoms with Gasteiger partial charge in [-0.2, -0.15) is 4.98 Å². The second-order valence-corrected chi connectivity index (χ2v) is 22.0. The van der Waals surface area contributed by atoms with E-state index in [2.05, 4.69) is 52.1 Å². The van der Waals surface area contributed by atoms with Gasteiger partial charge in [0, 0.05) is 83.9 Å². The molecule has 1 saturated heterocycles. The highest BCUT2D eigenvalue weighted by molar-refractivity contribution is 9.10. The highest BCUT2D eigenvalue weighted by Crippen LogP contribution is 2.30. The van der Waals surface area contributed by atoms with Gasteiger partial charge in [-0.3, -0.25) is 19.2 Å². The second-order valence-electron chi connectivity index (χ2n) is 20.3. The van der Waals surface area contributed by atoms with Gasteiger partial charge in [-0.05, 0) is 109 Å². The Hall–Kier alpha value is -5.29. The number of halogens is 1. The highest BCUT2D eigenvalue weighted by atomic mass is 79.9. The molecule has 3 heterocycles. The Morgan fingerprint density at radius 2 is 1.53 bits per heavy atom. The third-order valence-electron chi connectivity index (χ3n) is 13.1. The molecule has 0 unspecified atom stereocenters. The molecule has 6 rings (SSSR count). The number of anilines is 3. The summed E-state index contributed by atoms with van der Waals surface area (Å²) in [6.45, 7) is 12.8. The van der Waals surface area contributed by atoms with Crippen LogP contribution in [-0.2, 0) is 44.7 Å². The Balaban J connectivity index is 0.734. The van der Waals surface area contributed by atoms with Crippen LogP contribution in [0.3, 0.4) is 0 Å². The van der Waals surface area contributed by atoms with Crippen molar-refractivity contribution in [3.05, 3.63) is 76.0 Å². The maximum Gasteiger partial charge on any atom is 0.246 e. The topological polar surface area (TPSA) is 228 Å². The number of likely N-dealkylation sites (tertiary alicyclic amines) is 1. The minimum atomic E-state index is -0.948. The number of hydrogen-bond donors (Lipinski definition) is 5. The summed E-state index contributed by atoms with van der Waals surface area (Å²) < 4.78 is 29.4. The van der Waals surface area contributed by atoms with E-state index in [0.717, 1.165) is 89.0 Å². The van der Waals surface area contributed by atoms with Gasteiger partial charge in [0.25, 0.3) is 0 Å². The number of rotatable bonds is 33. The number of aryl methyl sites for hydroxylation is 1. The Morgan fingerprint density at radius 1 is 0.868 bits per heavy atom. The lowest BCUT2D eigenvalue weighted by molar-refractivity contribution is -0.144. The van der Waals surface area contributed by atoms with E-state index < -0.39 is 35.4 Å². The van der Waals surface area contributed by atoms with Crippen LogP contribution in [0.5, 0.6) is 5.75 Å². The van der Waals surface area contributed by atoms with Crippen LogP contribution in [0.25, 0.3) is 10.4 Å². The number of β-amino-alcohol motifs (C(OH)–C–C–N with tert-alkyl or cyclic N) is 1. The normalized spacial score (nSPS) is 16.0. The molecular weight excluding hydrogens is 1060 g/mol. The van der Waals surface area contributed by atoms with Gasteiger partial charge in [0.15, 0.2) is 0 Å². The standard InChI is InChI=1S/C55H78BrN9O10S/c1-38-48(76-37-60-38)40-16-14-39(15-17-40)33-58-51(68)46-32-43(66)35-65(46)53(70)49(55(2,3)4)62-47(67)36-74-29-28-72-26-8-6-24-71-25-7-9-27-73-30-31-75-44-20-18-42(19-21-44)61-54-59-34-45(56)50(63-54)57-22-11-23-64(5)52(69)41-12-10-13-41/h14-21,34,37,41,43,46,49,66H,6-13,22-33,35-36H2,1-5H3,(H,58,68)(H,62,67)(H2,57,59,61,63)/t43-,46+,49-/m1/s1. The van der Waals surface area contributed by atoms with E-state index in [4.69, 9.17) is 23.7 Å². The number of carbonyl (C=O) groups is 4. The molecule has 2 aliphatic rings. The minimum absolute atomic E-state index is 0.00687. The number of aliphatic hydroxyl groups excluding tert-OH is 1. The fourth-order valence-electron chi connectivity index (χ4n) is 8.52. The van der Waals surface area contributed by atoms with Gasteiger partial charge in [-0.15, -0.1) is 11.3 Å². The van der Waals surface area contributed by atoms with Crippen molar-refractivity contribution in [1.29, 1.82) is 0 Å². The predicted octanol–water partition coefficient (Wildman–Crippen LogP) is 7.29. The number of nitrogens with one attached hydrogen (secondary N) is 4. The molecule has 5 N–H and O–H groups in total. The molecule has 0 spiro atoms. The Labute approximate surface area is 460 Å². The SMILES string of the molecule is Cc1ncsc1-c1ccc(CNC(=O)[C@@H]2C[C@@H](O)CN2C(=O)[C@@H](NC(=O)COCCOCCCCOCCCCOCCOc2ccc(Nc3ncc(Br)c(NCCCN(C)C(=O)C4CCC4)n3)cc2)C(C)(C)C)cc1. The average molecular weight is 1140 g/mol. The van der Waals surface area contributed by atoms with Crippen LogP contribution in [-0.4, -0.2) is 158 Å². The van der Waals surface area contributed by atoms with Gasteiger partial charge >= 0.3 is 0 Å². The molecule has 4 amide bonds. The number of carbonyl (C=O) groups excluding carboxylic acids is 4. The summed E-state index contributed by atoms with van der Waals surface area (Å²) in [7, 11) is 1.88. The monoisotopic (exact) mass is 1140 g/mol. The van der Waals surface area contributed by atoms with Gasteiger partial charge in [-0.25, -0.2) is 9.97 Å². The van der Waals surface area contributed by atoms with E-state index in [1.54, 1.807) is 17.5 Å². The van der Waals surface area contributed by atoms with Crippen molar-refractivity contribution in [2.24, 2.45) is 11.3 Å². The molecule has 2 aromatic carbocycles. The Morgan fingerprint density at radius 3 is 2.16 bits per heavy atom. The molecule has 2 aromatic heterocycles. The summed E-state index contributed by atoms with van der Waals surface area (Å²) in [5.41, 5.74) is 4.87. The van der Waals surface area contributed by atoms with E-state index in [-0.39, 0.29) is 50.5 Å². The number of thiazole rings is 1. The number of nitrogens with zero attached hydrogens (tertiary/aromatic N) is 5. The van der Waals surface area contributed by atoms with Crippen molar-refractivity contribution in [1.82, 2.24) is 35.4 Å². The lowest BCUT2D eigenvalue weighted by Gasteiger charge is -2.35. The van der Waals surface area contributed by atoms with Crippen LogP contribution in [0.15, 0.2) is 64.7 Å².